The fourth-order valence-electron chi connectivity index (χ4n) is 9.01. The Morgan fingerprint density at radius 1 is 0.957 bits per heavy atom. The summed E-state index contributed by atoms with van der Waals surface area (Å²) < 4.78 is 6.76. The molecule has 246 valence electrons. The molecule has 0 aliphatic heterocycles. The molecule has 5 saturated carbocycles. The van der Waals surface area contributed by atoms with Gasteiger partial charge in [-0.1, -0.05) is 39.0 Å². The average Bonchev–Trinajstić information content (AvgIpc) is 3.02. The molecule has 7 rings (SSSR count). The summed E-state index contributed by atoms with van der Waals surface area (Å²) in [6, 6.07) is 12.7. The first kappa shape index (κ1) is 32.9. The lowest BCUT2D eigenvalue weighted by Gasteiger charge is -2.60. The summed E-state index contributed by atoms with van der Waals surface area (Å²) >= 11 is 0. The van der Waals surface area contributed by atoms with Crippen molar-refractivity contribution in [3.8, 4) is 12.1 Å². The number of hydrogen-bond acceptors (Lipinski definition) is 8. The number of aromatic nitrogens is 2. The van der Waals surface area contributed by atoms with Crippen LogP contribution in [0.25, 0.3) is 0 Å². The Morgan fingerprint density at radius 2 is 1.65 bits per heavy atom. The van der Waals surface area contributed by atoms with Gasteiger partial charge in [-0.15, -0.1) is 0 Å². The average molecular weight is 640 g/mol. The molecule has 3 N–H and O–H groups in total. The van der Waals surface area contributed by atoms with Crippen molar-refractivity contribution in [2.24, 2.45) is 29.1 Å². The Kier molecular flexibility index (Phi) is 9.49. The van der Waals surface area contributed by atoms with E-state index in [0.717, 1.165) is 42.3 Å². The fraction of sp³-hybridized carbons (Fsp3) is 0.676. The van der Waals surface area contributed by atoms with Crippen LogP contribution in [0.3, 0.4) is 0 Å². The van der Waals surface area contributed by atoms with Crippen LogP contribution in [0.2, 0.25) is 18.1 Å². The van der Waals surface area contributed by atoms with Crippen molar-refractivity contribution in [2.45, 2.75) is 115 Å². The zero-order chi connectivity index (χ0) is 32.5. The summed E-state index contributed by atoms with van der Waals surface area (Å²) in [4.78, 5) is 9.08. The molecule has 5 fully saturated rings. The van der Waals surface area contributed by atoms with Crippen LogP contribution in [0.4, 0.5) is 11.8 Å². The Bertz CT molecular complexity index is 1450. The molecule has 1 aromatic carbocycles. The normalized spacial score (nSPS) is 30.4. The second kappa shape index (κ2) is 13.3. The van der Waals surface area contributed by atoms with Crippen LogP contribution >= 0.6 is 0 Å². The monoisotopic (exact) mass is 639 g/mol. The topological polar surface area (TPSA) is 119 Å². The first-order valence-electron chi connectivity index (χ1n) is 17.6. The van der Waals surface area contributed by atoms with Crippen molar-refractivity contribution < 1.29 is 4.43 Å². The predicted octanol–water partition coefficient (Wildman–Crippen LogP) is 7.61. The number of rotatable bonds is 11. The molecule has 8 nitrogen and oxygen atoms in total. The smallest absolute Gasteiger partial charge is 0.224 e. The van der Waals surface area contributed by atoms with Crippen molar-refractivity contribution in [2.75, 3.05) is 23.7 Å². The van der Waals surface area contributed by atoms with E-state index in [0.29, 0.717) is 41.6 Å². The molecule has 5 aliphatic rings. The van der Waals surface area contributed by atoms with Crippen LogP contribution in [0, 0.1) is 51.7 Å². The zero-order valence-electron chi connectivity index (χ0n) is 28.5. The van der Waals surface area contributed by atoms with E-state index in [1.54, 1.807) is 6.20 Å². The van der Waals surface area contributed by atoms with Crippen LogP contribution in [-0.2, 0) is 11.0 Å². The molecule has 0 saturated heterocycles. The van der Waals surface area contributed by atoms with Crippen molar-refractivity contribution in [3.63, 3.8) is 0 Å². The second-order valence-electron chi connectivity index (χ2n) is 16.5. The summed E-state index contributed by atoms with van der Waals surface area (Å²) in [5.74, 6) is 4.13. The highest BCUT2D eigenvalue weighted by Crippen LogP contribution is 2.60. The highest BCUT2D eigenvalue weighted by atomic mass is 28.4. The van der Waals surface area contributed by atoms with Crippen LogP contribution in [0.1, 0.15) is 95.2 Å². The predicted molar refractivity (Wildman–Crippen MR) is 186 cm³/mol. The number of nitrogens with zero attached hydrogens (tertiary/aromatic N) is 4. The van der Waals surface area contributed by atoms with E-state index in [1.807, 2.05) is 24.3 Å². The maximum absolute atomic E-state index is 9.80. The third kappa shape index (κ3) is 7.12. The summed E-state index contributed by atoms with van der Waals surface area (Å²) in [7, 11) is -1.70. The molecule has 0 radical (unpaired) electrons. The van der Waals surface area contributed by atoms with Gasteiger partial charge in [0.15, 0.2) is 8.32 Å². The fourth-order valence-corrected chi connectivity index (χ4v) is 10.4. The third-order valence-electron chi connectivity index (χ3n) is 12.2. The molecular weight excluding hydrogens is 587 g/mol. The van der Waals surface area contributed by atoms with Gasteiger partial charge in [0.05, 0.1) is 17.8 Å². The first-order chi connectivity index (χ1) is 22.0. The molecule has 9 heteroatoms. The van der Waals surface area contributed by atoms with Crippen molar-refractivity contribution in [3.05, 3.63) is 47.2 Å². The summed E-state index contributed by atoms with van der Waals surface area (Å²) in [6.45, 7) is 14.3. The lowest BCUT2D eigenvalue weighted by Crippen LogP contribution is -2.60. The van der Waals surface area contributed by atoms with Crippen molar-refractivity contribution in [1.82, 2.24) is 15.3 Å². The van der Waals surface area contributed by atoms with E-state index in [9.17, 15) is 10.5 Å². The van der Waals surface area contributed by atoms with Gasteiger partial charge in [-0.05, 0) is 123 Å². The largest absolute Gasteiger partial charge is 0.414 e. The molecule has 0 spiro atoms. The van der Waals surface area contributed by atoms with E-state index in [2.05, 4.69) is 66.9 Å². The maximum atomic E-state index is 9.80. The molecular formula is C37H53N7OSi. The van der Waals surface area contributed by atoms with Crippen LogP contribution in [0.5, 0.6) is 0 Å². The number of anilines is 2. The molecule has 3 unspecified atom stereocenters. The van der Waals surface area contributed by atoms with Gasteiger partial charge in [0.1, 0.15) is 17.5 Å². The minimum absolute atomic E-state index is 0.269. The van der Waals surface area contributed by atoms with Crippen LogP contribution < -0.4 is 16.0 Å². The number of nitriles is 2. The molecule has 1 heterocycles. The number of nitrogens with one attached hydrogen (secondary N) is 3. The molecule has 2 aromatic rings. The highest BCUT2D eigenvalue weighted by Gasteiger charge is 2.55. The van der Waals surface area contributed by atoms with Gasteiger partial charge < -0.3 is 20.4 Å². The Balaban J connectivity index is 1.02. The molecule has 4 bridgehead atoms. The van der Waals surface area contributed by atoms with E-state index in [4.69, 9.17) is 9.41 Å². The summed E-state index contributed by atoms with van der Waals surface area (Å²) in [5.41, 5.74) is 2.27. The SMILES string of the molecule is CC(C)(C)[Si](C)(C)OC1CCC(CNC2[C@@H]3CC4C[C@H]2CC(CNc2nc(NCc5ccccc5C#N)ncc2C#N)(C4)C3)CC1. The third-order valence-corrected chi connectivity index (χ3v) is 16.8. The molecule has 0 amide bonds. The van der Waals surface area contributed by atoms with E-state index < -0.39 is 8.32 Å². The van der Waals surface area contributed by atoms with Gasteiger partial charge in [0.25, 0.3) is 0 Å². The zero-order valence-corrected chi connectivity index (χ0v) is 29.5. The van der Waals surface area contributed by atoms with Gasteiger partial charge in [0.2, 0.25) is 5.95 Å². The Morgan fingerprint density at radius 3 is 2.33 bits per heavy atom. The molecule has 5 aliphatic carbocycles. The molecule has 5 atom stereocenters. The van der Waals surface area contributed by atoms with Gasteiger partial charge in [0, 0.05) is 25.2 Å². The molecule has 1 aromatic heterocycles. The van der Waals surface area contributed by atoms with Gasteiger partial charge in [-0.3, -0.25) is 0 Å². The Labute approximate surface area is 277 Å². The standard InChI is InChI=1S/C37H53N7OSi/c1-36(2,3)46(4,5)45-32-12-10-25(11-13-32)21-40-33-29-14-26-15-30(33)18-37(16-26,17-29)24-43-34-31(20-39)23-42-35(44-34)41-22-28-9-7-6-8-27(28)19-38/h6-9,23,25-26,29-30,32-33,40H,10-18,21-22,24H2,1-5H3,(H2,41,42,43,44)/t25?,26?,29-,30+,32?,33?,37?. The van der Waals surface area contributed by atoms with Crippen molar-refractivity contribution >= 4 is 20.1 Å². The molecule has 46 heavy (non-hydrogen) atoms. The lowest BCUT2D eigenvalue weighted by molar-refractivity contribution is -0.0704. The van der Waals surface area contributed by atoms with E-state index in [-0.39, 0.29) is 10.5 Å². The quantitative estimate of drug-likeness (QED) is 0.215. The van der Waals surface area contributed by atoms with Crippen molar-refractivity contribution in [1.29, 1.82) is 10.5 Å². The first-order valence-corrected chi connectivity index (χ1v) is 20.5. The maximum Gasteiger partial charge on any atom is 0.224 e. The van der Waals surface area contributed by atoms with Gasteiger partial charge in [-0.25, -0.2) is 4.98 Å². The number of hydrogen-bond donors (Lipinski definition) is 3. The minimum Gasteiger partial charge on any atom is -0.414 e. The van der Waals surface area contributed by atoms with E-state index in [1.165, 1.54) is 57.8 Å². The van der Waals surface area contributed by atoms with Crippen LogP contribution in [0.15, 0.2) is 30.5 Å². The summed E-state index contributed by atoms with van der Waals surface area (Å²) in [6.07, 6.45) is 13.5. The second-order valence-corrected chi connectivity index (χ2v) is 21.2. The number of benzene rings is 1. The van der Waals surface area contributed by atoms with E-state index >= 15 is 0 Å². The van der Waals surface area contributed by atoms with Gasteiger partial charge in [-0.2, -0.15) is 15.5 Å². The minimum atomic E-state index is -1.70. The highest BCUT2D eigenvalue weighted by molar-refractivity contribution is 6.74. The lowest BCUT2D eigenvalue weighted by atomic mass is 9.48. The Hall–Kier alpha value is -2.98. The van der Waals surface area contributed by atoms with Gasteiger partial charge >= 0.3 is 0 Å². The summed E-state index contributed by atoms with van der Waals surface area (Å²) in [5, 5.41) is 30.5. The van der Waals surface area contributed by atoms with Crippen LogP contribution in [-0.4, -0.2) is 43.5 Å².